The van der Waals surface area contributed by atoms with Gasteiger partial charge in [-0.1, -0.05) is 24.3 Å². The third-order valence-electron chi connectivity index (χ3n) is 4.81. The van der Waals surface area contributed by atoms with E-state index in [4.69, 9.17) is 10.7 Å². The molecule has 1 amide bonds. The lowest BCUT2D eigenvalue weighted by Crippen LogP contribution is -2.13. The molecule has 4 heteroatoms. The third kappa shape index (κ3) is 3.33. The van der Waals surface area contributed by atoms with Crippen LogP contribution in [0.4, 0.5) is 0 Å². The minimum Gasteiger partial charge on any atom is -0.369 e. The lowest BCUT2D eigenvalue weighted by Gasteiger charge is -2.11. The van der Waals surface area contributed by atoms with Crippen LogP contribution in [0, 0.1) is 0 Å². The summed E-state index contributed by atoms with van der Waals surface area (Å²) in [6, 6.07) is 14.4. The van der Waals surface area contributed by atoms with E-state index in [2.05, 4.69) is 29.2 Å². The number of aromatic amines is 1. The second-order valence-electron chi connectivity index (χ2n) is 6.67. The van der Waals surface area contributed by atoms with Crippen molar-refractivity contribution in [2.75, 3.05) is 0 Å². The maximum Gasteiger partial charge on any atom is 0.221 e. The largest absolute Gasteiger partial charge is 0.369 e. The number of nitrogens with one attached hydrogen (secondary N) is 1. The van der Waals surface area contributed by atoms with Crippen molar-refractivity contribution in [1.82, 2.24) is 9.97 Å². The number of rotatable bonds is 5. The van der Waals surface area contributed by atoms with E-state index in [-0.39, 0.29) is 5.91 Å². The summed E-state index contributed by atoms with van der Waals surface area (Å²) in [5.74, 6) is -0.296. The quantitative estimate of drug-likeness (QED) is 0.754. The number of fused-ring (bicyclic) bond motifs is 1. The van der Waals surface area contributed by atoms with E-state index < -0.39 is 0 Å². The van der Waals surface area contributed by atoms with Gasteiger partial charge in [-0.05, 0) is 66.1 Å². The summed E-state index contributed by atoms with van der Waals surface area (Å²) >= 11 is 0. The lowest BCUT2D eigenvalue weighted by molar-refractivity contribution is -0.117. The number of H-pyrrole nitrogens is 1. The summed E-state index contributed by atoms with van der Waals surface area (Å²) < 4.78 is 0. The number of hydrogen-bond donors (Lipinski definition) is 2. The molecule has 4 nitrogen and oxygen atoms in total. The number of nitrogens with zero attached hydrogens (tertiary/aromatic N) is 1. The lowest BCUT2D eigenvalue weighted by atomic mass is 9.97. The van der Waals surface area contributed by atoms with E-state index in [1.807, 2.05) is 24.4 Å². The maximum absolute atomic E-state index is 11.0. The van der Waals surface area contributed by atoms with Crippen LogP contribution in [0.5, 0.6) is 0 Å². The Hall–Kier alpha value is -2.88. The first kappa shape index (κ1) is 15.6. The Kier molecular flexibility index (Phi) is 4.10. The molecule has 2 aromatic heterocycles. The first-order chi connectivity index (χ1) is 12.2. The predicted molar refractivity (Wildman–Crippen MR) is 98.2 cm³/mol. The molecule has 0 unspecified atom stereocenters. The molecule has 2 heterocycles. The summed E-state index contributed by atoms with van der Waals surface area (Å²) in [6.45, 7) is 0. The highest BCUT2D eigenvalue weighted by Crippen LogP contribution is 2.29. The number of nitrogens with two attached hydrogens (primary N) is 1. The fourth-order valence-corrected chi connectivity index (χ4v) is 3.61. The van der Waals surface area contributed by atoms with Gasteiger partial charge in [-0.2, -0.15) is 0 Å². The molecule has 3 aromatic rings. The van der Waals surface area contributed by atoms with E-state index in [9.17, 15) is 4.79 Å². The highest BCUT2D eigenvalue weighted by molar-refractivity contribution is 5.76. The zero-order chi connectivity index (χ0) is 17.2. The molecule has 4 rings (SSSR count). The molecule has 3 N–H and O–H groups in total. The molecule has 1 aliphatic carbocycles. The predicted octanol–water partition coefficient (Wildman–Crippen LogP) is 3.18. The second-order valence-corrected chi connectivity index (χ2v) is 6.67. The monoisotopic (exact) mass is 331 g/mol. The van der Waals surface area contributed by atoms with Gasteiger partial charge in [0, 0.05) is 11.9 Å². The molecule has 0 saturated carbocycles. The summed E-state index contributed by atoms with van der Waals surface area (Å²) in [7, 11) is 0. The van der Waals surface area contributed by atoms with Crippen LogP contribution in [0.2, 0.25) is 0 Å². The average Bonchev–Trinajstić information content (AvgIpc) is 3.27. The van der Waals surface area contributed by atoms with Crippen LogP contribution in [0.25, 0.3) is 11.4 Å². The molecule has 25 heavy (non-hydrogen) atoms. The number of amides is 1. The van der Waals surface area contributed by atoms with Crippen LogP contribution in [0.1, 0.15) is 34.4 Å². The third-order valence-corrected chi connectivity index (χ3v) is 4.81. The highest BCUT2D eigenvalue weighted by atomic mass is 16.1. The zero-order valence-corrected chi connectivity index (χ0v) is 14.1. The molecule has 0 atom stereocenters. The maximum atomic E-state index is 11.0. The molecule has 0 aliphatic heterocycles. The molecule has 0 radical (unpaired) electrons. The van der Waals surface area contributed by atoms with Gasteiger partial charge >= 0.3 is 0 Å². The minimum atomic E-state index is -0.296. The SMILES string of the molecule is NC(=O)Cc1ccc(Cc2cc(-c3ccc[nH]3)nc3c2CCC3)cc1. The van der Waals surface area contributed by atoms with Gasteiger partial charge in [0.2, 0.25) is 5.91 Å². The number of aromatic nitrogens is 2. The Morgan fingerprint density at radius 3 is 2.64 bits per heavy atom. The van der Waals surface area contributed by atoms with Crippen molar-refractivity contribution in [3.8, 4) is 11.4 Å². The Morgan fingerprint density at radius 1 is 1.12 bits per heavy atom. The molecule has 0 fully saturated rings. The summed E-state index contributed by atoms with van der Waals surface area (Å²) in [5.41, 5.74) is 13.6. The molecule has 0 saturated heterocycles. The van der Waals surface area contributed by atoms with Crippen LogP contribution in [-0.4, -0.2) is 15.9 Å². The first-order valence-electron chi connectivity index (χ1n) is 8.70. The molecule has 0 bridgehead atoms. The Balaban J connectivity index is 1.64. The van der Waals surface area contributed by atoms with Crippen LogP contribution in [-0.2, 0) is 30.5 Å². The Morgan fingerprint density at radius 2 is 1.92 bits per heavy atom. The van der Waals surface area contributed by atoms with E-state index in [0.717, 1.165) is 36.2 Å². The zero-order valence-electron chi connectivity index (χ0n) is 14.1. The standard InChI is InChI=1S/C21H21N3O/c22-21(25)12-15-8-6-14(7-9-15)11-16-13-20(19-5-2-10-23-19)24-18-4-1-3-17(16)18/h2,5-10,13,23H,1,3-4,11-12H2,(H2,22,25). The van der Waals surface area contributed by atoms with Gasteiger partial charge < -0.3 is 10.7 Å². The van der Waals surface area contributed by atoms with E-state index >= 15 is 0 Å². The molecule has 1 aliphatic rings. The van der Waals surface area contributed by atoms with Gasteiger partial charge in [0.25, 0.3) is 0 Å². The average molecular weight is 331 g/mol. The smallest absolute Gasteiger partial charge is 0.221 e. The molecule has 0 spiro atoms. The molecule has 1 aromatic carbocycles. The van der Waals surface area contributed by atoms with Gasteiger partial charge in [-0.25, -0.2) is 0 Å². The summed E-state index contributed by atoms with van der Waals surface area (Å²) in [4.78, 5) is 19.2. The van der Waals surface area contributed by atoms with Gasteiger partial charge in [0.15, 0.2) is 0 Å². The minimum absolute atomic E-state index is 0.294. The van der Waals surface area contributed by atoms with Crippen LogP contribution in [0.3, 0.4) is 0 Å². The van der Waals surface area contributed by atoms with Crippen molar-refractivity contribution in [3.05, 3.63) is 76.6 Å². The van der Waals surface area contributed by atoms with Crippen molar-refractivity contribution >= 4 is 5.91 Å². The van der Waals surface area contributed by atoms with E-state index in [1.165, 1.54) is 28.8 Å². The van der Waals surface area contributed by atoms with Gasteiger partial charge in [-0.15, -0.1) is 0 Å². The number of carbonyl (C=O) groups excluding carboxylic acids is 1. The number of primary amides is 1. The van der Waals surface area contributed by atoms with Crippen molar-refractivity contribution in [2.45, 2.75) is 32.1 Å². The number of carbonyl (C=O) groups is 1. The molecular weight excluding hydrogens is 310 g/mol. The highest BCUT2D eigenvalue weighted by Gasteiger charge is 2.18. The first-order valence-corrected chi connectivity index (χ1v) is 8.70. The van der Waals surface area contributed by atoms with Crippen molar-refractivity contribution in [3.63, 3.8) is 0 Å². The summed E-state index contributed by atoms with van der Waals surface area (Å²) in [6.07, 6.45) is 6.47. The van der Waals surface area contributed by atoms with E-state index in [1.54, 1.807) is 0 Å². The second kappa shape index (κ2) is 6.55. The number of pyridine rings is 1. The van der Waals surface area contributed by atoms with Gasteiger partial charge in [-0.3, -0.25) is 9.78 Å². The normalized spacial score (nSPS) is 13.0. The van der Waals surface area contributed by atoms with Gasteiger partial charge in [0.05, 0.1) is 17.8 Å². The van der Waals surface area contributed by atoms with Crippen molar-refractivity contribution in [1.29, 1.82) is 0 Å². The van der Waals surface area contributed by atoms with E-state index in [0.29, 0.717) is 6.42 Å². The van der Waals surface area contributed by atoms with Gasteiger partial charge in [0.1, 0.15) is 0 Å². The fraction of sp³-hybridized carbons (Fsp3) is 0.238. The van der Waals surface area contributed by atoms with Crippen LogP contribution < -0.4 is 5.73 Å². The van der Waals surface area contributed by atoms with Crippen molar-refractivity contribution < 1.29 is 4.79 Å². The van der Waals surface area contributed by atoms with Crippen molar-refractivity contribution in [2.24, 2.45) is 5.73 Å². The van der Waals surface area contributed by atoms with Crippen LogP contribution in [0.15, 0.2) is 48.7 Å². The number of aryl methyl sites for hydroxylation is 1. The number of hydrogen-bond acceptors (Lipinski definition) is 2. The van der Waals surface area contributed by atoms with Crippen LogP contribution >= 0.6 is 0 Å². The molecular formula is C21H21N3O. The molecule has 126 valence electrons. The number of benzene rings is 1. The summed E-state index contributed by atoms with van der Waals surface area (Å²) in [5, 5.41) is 0. The Bertz CT molecular complexity index is 896. The Labute approximate surface area is 147 Å². The topological polar surface area (TPSA) is 71.8 Å². The fourth-order valence-electron chi connectivity index (χ4n) is 3.61.